The second-order valence-corrected chi connectivity index (χ2v) is 4.85. The maximum absolute atomic E-state index is 12.0. The zero-order valence-corrected chi connectivity index (χ0v) is 9.42. The highest BCUT2D eigenvalue weighted by atomic mass is 16.3. The number of carbonyl (C=O) groups is 1. The number of nitrogens with zero attached hydrogens (tertiary/aromatic N) is 1. The van der Waals surface area contributed by atoms with Crippen LogP contribution >= 0.6 is 0 Å². The number of carbonyl (C=O) groups excluding carboxylic acids is 1. The first-order valence-corrected chi connectivity index (χ1v) is 5.37. The number of hydrogen-bond donors (Lipinski definition) is 1. The molecule has 1 rings (SSSR count). The molecule has 82 valence electrons. The fraction of sp³-hybridized carbons (Fsp3) is 0.909. The fourth-order valence-electron chi connectivity index (χ4n) is 1.85. The van der Waals surface area contributed by atoms with Crippen molar-refractivity contribution in [3.63, 3.8) is 0 Å². The van der Waals surface area contributed by atoms with Gasteiger partial charge in [0.15, 0.2) is 0 Å². The lowest BCUT2D eigenvalue weighted by Crippen LogP contribution is -2.49. The zero-order chi connectivity index (χ0) is 10.8. The van der Waals surface area contributed by atoms with Crippen molar-refractivity contribution in [1.29, 1.82) is 0 Å². The molecule has 1 N–H and O–H groups in total. The molecule has 0 aromatic rings. The van der Waals surface area contributed by atoms with Crippen LogP contribution in [0.1, 0.15) is 39.5 Å². The van der Waals surface area contributed by atoms with E-state index in [1.807, 2.05) is 13.8 Å². The average Bonchev–Trinajstić information content (AvgIpc) is 2.68. The normalized spacial score (nSPS) is 18.6. The number of likely N-dealkylation sites (N-methyl/N-ethyl adjacent to an activating group) is 1. The van der Waals surface area contributed by atoms with Crippen LogP contribution in [0.25, 0.3) is 0 Å². The van der Waals surface area contributed by atoms with Gasteiger partial charge in [-0.05, 0) is 26.7 Å². The van der Waals surface area contributed by atoms with E-state index in [1.165, 1.54) is 12.8 Å². The van der Waals surface area contributed by atoms with E-state index in [-0.39, 0.29) is 18.4 Å². The largest absolute Gasteiger partial charge is 0.394 e. The Kier molecular flexibility index (Phi) is 3.53. The Morgan fingerprint density at radius 2 is 1.93 bits per heavy atom. The number of aliphatic hydroxyl groups is 1. The molecular formula is C11H21NO2. The van der Waals surface area contributed by atoms with Crippen molar-refractivity contribution in [3.05, 3.63) is 0 Å². The van der Waals surface area contributed by atoms with E-state index in [4.69, 9.17) is 5.11 Å². The third-order valence-electron chi connectivity index (χ3n) is 3.33. The molecule has 0 spiro atoms. The maximum Gasteiger partial charge on any atom is 0.225 e. The van der Waals surface area contributed by atoms with Gasteiger partial charge in [-0.2, -0.15) is 0 Å². The van der Waals surface area contributed by atoms with Crippen LogP contribution in [-0.4, -0.2) is 35.1 Å². The molecule has 1 aliphatic rings. The van der Waals surface area contributed by atoms with E-state index in [9.17, 15) is 4.79 Å². The average molecular weight is 199 g/mol. The van der Waals surface area contributed by atoms with Crippen molar-refractivity contribution < 1.29 is 9.90 Å². The number of amides is 1. The second-order valence-electron chi connectivity index (χ2n) is 4.85. The van der Waals surface area contributed by atoms with E-state index in [0.29, 0.717) is 0 Å². The van der Waals surface area contributed by atoms with E-state index in [0.717, 1.165) is 12.8 Å². The number of hydrogen-bond acceptors (Lipinski definition) is 2. The van der Waals surface area contributed by atoms with Crippen LogP contribution in [-0.2, 0) is 4.79 Å². The van der Waals surface area contributed by atoms with Gasteiger partial charge >= 0.3 is 0 Å². The molecule has 3 nitrogen and oxygen atoms in total. The maximum atomic E-state index is 12.0. The zero-order valence-electron chi connectivity index (χ0n) is 9.42. The first kappa shape index (κ1) is 11.5. The summed E-state index contributed by atoms with van der Waals surface area (Å²) in [6, 6.07) is 0. The molecule has 1 aliphatic carbocycles. The molecule has 1 saturated carbocycles. The highest BCUT2D eigenvalue weighted by Gasteiger charge is 2.32. The molecule has 3 heteroatoms. The Morgan fingerprint density at radius 3 is 2.36 bits per heavy atom. The van der Waals surface area contributed by atoms with Crippen LogP contribution < -0.4 is 0 Å². The van der Waals surface area contributed by atoms with Crippen molar-refractivity contribution >= 4 is 5.91 Å². The van der Waals surface area contributed by atoms with Crippen molar-refractivity contribution in [2.75, 3.05) is 13.7 Å². The minimum absolute atomic E-state index is 0.0158. The summed E-state index contributed by atoms with van der Waals surface area (Å²) >= 11 is 0. The molecule has 0 heterocycles. The lowest BCUT2D eigenvalue weighted by Gasteiger charge is -2.35. The van der Waals surface area contributed by atoms with Gasteiger partial charge in [0.05, 0.1) is 12.1 Å². The summed E-state index contributed by atoms with van der Waals surface area (Å²) in [5.74, 6) is 0.396. The lowest BCUT2D eigenvalue weighted by atomic mass is 10.0. The molecule has 14 heavy (non-hydrogen) atoms. The van der Waals surface area contributed by atoms with Crippen molar-refractivity contribution in [2.45, 2.75) is 45.1 Å². The van der Waals surface area contributed by atoms with Gasteiger partial charge in [-0.3, -0.25) is 4.79 Å². The Morgan fingerprint density at radius 1 is 1.43 bits per heavy atom. The van der Waals surface area contributed by atoms with Crippen molar-refractivity contribution in [1.82, 2.24) is 4.90 Å². The van der Waals surface area contributed by atoms with E-state index < -0.39 is 5.54 Å². The quantitative estimate of drug-likeness (QED) is 0.746. The number of aliphatic hydroxyl groups excluding tert-OH is 1. The van der Waals surface area contributed by atoms with Crippen LogP contribution in [0.5, 0.6) is 0 Å². The molecule has 0 saturated heterocycles. The highest BCUT2D eigenvalue weighted by Crippen LogP contribution is 2.28. The SMILES string of the molecule is CN(C(=O)C1CCCC1)C(C)(C)CO. The Hall–Kier alpha value is -0.570. The van der Waals surface area contributed by atoms with Crippen LogP contribution in [0.4, 0.5) is 0 Å². The van der Waals surface area contributed by atoms with Gasteiger partial charge in [-0.25, -0.2) is 0 Å². The minimum atomic E-state index is -0.431. The minimum Gasteiger partial charge on any atom is -0.394 e. The molecule has 0 aromatic heterocycles. The molecule has 0 unspecified atom stereocenters. The van der Waals surface area contributed by atoms with Crippen molar-refractivity contribution in [3.8, 4) is 0 Å². The molecule has 0 aliphatic heterocycles. The van der Waals surface area contributed by atoms with Gasteiger partial charge in [0.25, 0.3) is 0 Å². The summed E-state index contributed by atoms with van der Waals surface area (Å²) in [5, 5.41) is 9.16. The van der Waals surface area contributed by atoms with Gasteiger partial charge < -0.3 is 10.0 Å². The predicted molar refractivity (Wildman–Crippen MR) is 55.9 cm³/mol. The lowest BCUT2D eigenvalue weighted by molar-refractivity contribution is -0.140. The molecule has 1 fully saturated rings. The van der Waals surface area contributed by atoms with Gasteiger partial charge in [-0.1, -0.05) is 12.8 Å². The van der Waals surface area contributed by atoms with Gasteiger partial charge in [-0.15, -0.1) is 0 Å². The summed E-state index contributed by atoms with van der Waals surface area (Å²) in [5.41, 5.74) is -0.431. The molecular weight excluding hydrogens is 178 g/mol. The Labute approximate surface area is 86.1 Å². The first-order chi connectivity index (χ1) is 6.49. The third-order valence-corrected chi connectivity index (χ3v) is 3.33. The predicted octanol–water partition coefficient (Wildman–Crippen LogP) is 1.41. The van der Waals surface area contributed by atoms with Crippen LogP contribution in [0.3, 0.4) is 0 Å². The molecule has 0 bridgehead atoms. The van der Waals surface area contributed by atoms with Crippen LogP contribution in [0.15, 0.2) is 0 Å². The first-order valence-electron chi connectivity index (χ1n) is 5.37. The highest BCUT2D eigenvalue weighted by molar-refractivity contribution is 5.79. The molecule has 0 radical (unpaired) electrons. The van der Waals surface area contributed by atoms with Gasteiger partial charge in [0.1, 0.15) is 0 Å². The molecule has 1 amide bonds. The summed E-state index contributed by atoms with van der Waals surface area (Å²) in [6.07, 6.45) is 4.38. The molecule has 0 aromatic carbocycles. The third kappa shape index (κ3) is 2.27. The monoisotopic (exact) mass is 199 g/mol. The smallest absolute Gasteiger partial charge is 0.225 e. The summed E-state index contributed by atoms with van der Waals surface area (Å²) in [6.45, 7) is 3.79. The topological polar surface area (TPSA) is 40.5 Å². The van der Waals surface area contributed by atoms with Crippen LogP contribution in [0, 0.1) is 5.92 Å². The summed E-state index contributed by atoms with van der Waals surface area (Å²) in [4.78, 5) is 13.7. The number of rotatable bonds is 3. The summed E-state index contributed by atoms with van der Waals surface area (Å²) in [7, 11) is 1.79. The second kappa shape index (κ2) is 4.30. The summed E-state index contributed by atoms with van der Waals surface area (Å²) < 4.78 is 0. The molecule has 0 atom stereocenters. The standard InChI is InChI=1S/C11H21NO2/c1-11(2,8-13)12(3)10(14)9-6-4-5-7-9/h9,13H,4-8H2,1-3H3. The Balaban J connectivity index is 2.59. The van der Waals surface area contributed by atoms with Crippen molar-refractivity contribution in [2.24, 2.45) is 5.92 Å². The van der Waals surface area contributed by atoms with E-state index >= 15 is 0 Å². The Bertz CT molecular complexity index is 207. The van der Waals surface area contributed by atoms with E-state index in [1.54, 1.807) is 11.9 Å². The van der Waals surface area contributed by atoms with Crippen LogP contribution in [0.2, 0.25) is 0 Å². The fourth-order valence-corrected chi connectivity index (χ4v) is 1.85. The van der Waals surface area contributed by atoms with E-state index in [2.05, 4.69) is 0 Å². The van der Waals surface area contributed by atoms with Gasteiger partial charge in [0, 0.05) is 13.0 Å². The van der Waals surface area contributed by atoms with Gasteiger partial charge in [0.2, 0.25) is 5.91 Å².